The number of aliphatic imine (C=N–C) groups is 1. The van der Waals surface area contributed by atoms with Crippen LogP contribution in [0.15, 0.2) is 41.9 Å². The fourth-order valence-electron chi connectivity index (χ4n) is 2.59. The Morgan fingerprint density at radius 3 is 2.90 bits per heavy atom. The second kappa shape index (κ2) is 7.48. The SMILES string of the molecule is C=CCNC(N)=NCC1(c2cccc(Cl)c2)CCOCC1. The minimum absolute atomic E-state index is 0.0520. The molecule has 0 aromatic heterocycles. The number of rotatable bonds is 5. The molecule has 5 heteroatoms. The number of guanidine groups is 1. The number of nitrogens with two attached hydrogens (primary N) is 1. The predicted molar refractivity (Wildman–Crippen MR) is 87.9 cm³/mol. The van der Waals surface area contributed by atoms with Crippen molar-refractivity contribution in [2.24, 2.45) is 10.7 Å². The lowest BCUT2D eigenvalue weighted by Gasteiger charge is -2.36. The van der Waals surface area contributed by atoms with Crippen LogP contribution >= 0.6 is 11.6 Å². The average Bonchev–Trinajstić information content (AvgIpc) is 2.52. The van der Waals surface area contributed by atoms with Crippen molar-refractivity contribution >= 4 is 17.6 Å². The van der Waals surface area contributed by atoms with Gasteiger partial charge in [0.25, 0.3) is 0 Å². The summed E-state index contributed by atoms with van der Waals surface area (Å²) in [6, 6.07) is 8.01. The molecule has 1 aromatic carbocycles. The number of halogens is 1. The Balaban J connectivity index is 2.19. The molecule has 0 radical (unpaired) electrons. The molecule has 4 nitrogen and oxygen atoms in total. The normalized spacial score (nSPS) is 18.2. The molecule has 3 N–H and O–H groups in total. The van der Waals surface area contributed by atoms with Crippen LogP contribution in [0.4, 0.5) is 0 Å². The molecule has 21 heavy (non-hydrogen) atoms. The Kier molecular flexibility index (Phi) is 5.65. The van der Waals surface area contributed by atoms with Crippen LogP contribution < -0.4 is 11.1 Å². The van der Waals surface area contributed by atoms with Crippen LogP contribution in [0.5, 0.6) is 0 Å². The lowest BCUT2D eigenvalue weighted by molar-refractivity contribution is 0.0531. The highest BCUT2D eigenvalue weighted by Crippen LogP contribution is 2.36. The second-order valence-electron chi connectivity index (χ2n) is 5.27. The van der Waals surface area contributed by atoms with Crippen LogP contribution in [-0.2, 0) is 10.2 Å². The standard InChI is InChI=1S/C16H22ClN3O/c1-2-8-19-15(18)20-12-16(6-9-21-10-7-16)13-4-3-5-14(17)11-13/h2-5,11H,1,6-10,12H2,(H3,18,19,20). The average molecular weight is 308 g/mol. The number of nitrogens with one attached hydrogen (secondary N) is 1. The van der Waals surface area contributed by atoms with E-state index in [4.69, 9.17) is 22.1 Å². The fraction of sp³-hybridized carbons (Fsp3) is 0.438. The van der Waals surface area contributed by atoms with Crippen LogP contribution in [0, 0.1) is 0 Å². The molecular weight excluding hydrogens is 286 g/mol. The highest BCUT2D eigenvalue weighted by atomic mass is 35.5. The summed E-state index contributed by atoms with van der Waals surface area (Å²) in [5.41, 5.74) is 7.03. The lowest BCUT2D eigenvalue weighted by Crippen LogP contribution is -2.39. The van der Waals surface area contributed by atoms with E-state index in [9.17, 15) is 0 Å². The Bertz CT molecular complexity index is 510. The van der Waals surface area contributed by atoms with E-state index >= 15 is 0 Å². The van der Waals surface area contributed by atoms with E-state index in [1.807, 2.05) is 18.2 Å². The molecule has 2 rings (SSSR count). The van der Waals surface area contributed by atoms with Gasteiger partial charge in [0.1, 0.15) is 0 Å². The van der Waals surface area contributed by atoms with Gasteiger partial charge in [0.15, 0.2) is 5.96 Å². The second-order valence-corrected chi connectivity index (χ2v) is 5.71. The highest BCUT2D eigenvalue weighted by molar-refractivity contribution is 6.30. The molecular formula is C16H22ClN3O. The predicted octanol–water partition coefficient (Wildman–Crippen LogP) is 2.48. The topological polar surface area (TPSA) is 59.6 Å². The Hall–Kier alpha value is -1.52. The molecule has 0 spiro atoms. The minimum atomic E-state index is -0.0520. The zero-order chi connectivity index (χ0) is 15.1. The number of hydrogen-bond donors (Lipinski definition) is 2. The first-order valence-electron chi connectivity index (χ1n) is 7.15. The first-order valence-corrected chi connectivity index (χ1v) is 7.52. The van der Waals surface area contributed by atoms with E-state index in [0.717, 1.165) is 31.1 Å². The van der Waals surface area contributed by atoms with Gasteiger partial charge in [-0.3, -0.25) is 4.99 Å². The van der Waals surface area contributed by atoms with Crippen molar-refractivity contribution in [1.29, 1.82) is 0 Å². The van der Waals surface area contributed by atoms with Crippen molar-refractivity contribution in [2.45, 2.75) is 18.3 Å². The summed E-state index contributed by atoms with van der Waals surface area (Å²) >= 11 is 6.14. The maximum absolute atomic E-state index is 6.14. The summed E-state index contributed by atoms with van der Waals surface area (Å²) < 4.78 is 5.51. The van der Waals surface area contributed by atoms with E-state index in [0.29, 0.717) is 19.0 Å². The Labute approximate surface area is 131 Å². The summed E-state index contributed by atoms with van der Waals surface area (Å²) in [5.74, 6) is 0.447. The molecule has 1 saturated heterocycles. The lowest BCUT2D eigenvalue weighted by atomic mass is 9.74. The van der Waals surface area contributed by atoms with Gasteiger partial charge in [0, 0.05) is 30.2 Å². The molecule has 0 aliphatic carbocycles. The number of benzene rings is 1. The summed E-state index contributed by atoms with van der Waals surface area (Å²) in [6.45, 7) is 6.37. The van der Waals surface area contributed by atoms with E-state index in [1.54, 1.807) is 6.08 Å². The van der Waals surface area contributed by atoms with Gasteiger partial charge in [-0.1, -0.05) is 29.8 Å². The molecule has 0 amide bonds. The van der Waals surface area contributed by atoms with Crippen LogP contribution in [0.2, 0.25) is 5.02 Å². The van der Waals surface area contributed by atoms with Crippen LogP contribution in [0.25, 0.3) is 0 Å². The van der Waals surface area contributed by atoms with E-state index in [1.165, 1.54) is 5.56 Å². The highest BCUT2D eigenvalue weighted by Gasteiger charge is 2.34. The summed E-state index contributed by atoms with van der Waals surface area (Å²) in [5, 5.41) is 3.75. The van der Waals surface area contributed by atoms with E-state index in [-0.39, 0.29) is 5.41 Å². The van der Waals surface area contributed by atoms with Crippen LogP contribution in [0.3, 0.4) is 0 Å². The third-order valence-electron chi connectivity index (χ3n) is 3.87. The fourth-order valence-corrected chi connectivity index (χ4v) is 2.78. The van der Waals surface area contributed by atoms with Crippen LogP contribution in [-0.4, -0.2) is 32.3 Å². The van der Waals surface area contributed by atoms with Crippen molar-refractivity contribution in [3.8, 4) is 0 Å². The van der Waals surface area contributed by atoms with Crippen molar-refractivity contribution in [3.05, 3.63) is 47.5 Å². The number of ether oxygens (including phenoxy) is 1. The number of hydrogen-bond acceptors (Lipinski definition) is 2. The Morgan fingerprint density at radius 2 is 2.24 bits per heavy atom. The molecule has 1 fully saturated rings. The van der Waals surface area contributed by atoms with E-state index in [2.05, 4.69) is 23.0 Å². The molecule has 114 valence electrons. The monoisotopic (exact) mass is 307 g/mol. The quantitative estimate of drug-likeness (QED) is 0.499. The van der Waals surface area contributed by atoms with Crippen molar-refractivity contribution in [3.63, 3.8) is 0 Å². The summed E-state index contributed by atoms with van der Waals surface area (Å²) in [6.07, 6.45) is 3.60. The molecule has 0 unspecified atom stereocenters. The molecule has 1 heterocycles. The van der Waals surface area contributed by atoms with Gasteiger partial charge in [-0.05, 0) is 30.5 Å². The van der Waals surface area contributed by atoms with Gasteiger partial charge >= 0.3 is 0 Å². The zero-order valence-corrected chi connectivity index (χ0v) is 12.9. The first-order chi connectivity index (χ1) is 10.2. The third-order valence-corrected chi connectivity index (χ3v) is 4.10. The summed E-state index contributed by atoms with van der Waals surface area (Å²) in [7, 11) is 0. The maximum Gasteiger partial charge on any atom is 0.188 e. The minimum Gasteiger partial charge on any atom is -0.381 e. The van der Waals surface area contributed by atoms with Gasteiger partial charge < -0.3 is 15.8 Å². The van der Waals surface area contributed by atoms with Gasteiger partial charge in [-0.2, -0.15) is 0 Å². The smallest absolute Gasteiger partial charge is 0.188 e. The number of nitrogens with zero attached hydrogens (tertiary/aromatic N) is 1. The van der Waals surface area contributed by atoms with E-state index < -0.39 is 0 Å². The van der Waals surface area contributed by atoms with Crippen molar-refractivity contribution in [2.75, 3.05) is 26.3 Å². The first kappa shape index (κ1) is 15.9. The van der Waals surface area contributed by atoms with Gasteiger partial charge in [0.05, 0.1) is 6.54 Å². The largest absolute Gasteiger partial charge is 0.381 e. The molecule has 1 aromatic rings. The molecule has 0 bridgehead atoms. The summed E-state index contributed by atoms with van der Waals surface area (Å²) in [4.78, 5) is 4.50. The van der Waals surface area contributed by atoms with Crippen LogP contribution in [0.1, 0.15) is 18.4 Å². The molecule has 0 atom stereocenters. The maximum atomic E-state index is 6.14. The van der Waals surface area contributed by atoms with Gasteiger partial charge in [-0.15, -0.1) is 6.58 Å². The zero-order valence-electron chi connectivity index (χ0n) is 12.1. The van der Waals surface area contributed by atoms with Gasteiger partial charge in [0.2, 0.25) is 0 Å². The van der Waals surface area contributed by atoms with Gasteiger partial charge in [-0.25, -0.2) is 0 Å². The molecule has 0 saturated carbocycles. The Morgan fingerprint density at radius 1 is 1.48 bits per heavy atom. The van der Waals surface area contributed by atoms with Crippen molar-refractivity contribution < 1.29 is 4.74 Å². The third kappa shape index (κ3) is 4.22. The molecule has 1 aliphatic heterocycles. The molecule has 1 aliphatic rings. The van der Waals surface area contributed by atoms with Crippen molar-refractivity contribution in [1.82, 2.24) is 5.32 Å².